The van der Waals surface area contributed by atoms with Crippen LogP contribution >= 0.6 is 0 Å². The summed E-state index contributed by atoms with van der Waals surface area (Å²) < 4.78 is 0. The lowest BCUT2D eigenvalue weighted by Crippen LogP contribution is -2.58. The summed E-state index contributed by atoms with van der Waals surface area (Å²) in [6.07, 6.45) is 2.88. The van der Waals surface area contributed by atoms with Gasteiger partial charge < -0.3 is 10.0 Å². The second-order valence-corrected chi connectivity index (χ2v) is 6.76. The van der Waals surface area contributed by atoms with E-state index in [9.17, 15) is 14.7 Å². The van der Waals surface area contributed by atoms with Gasteiger partial charge in [0.1, 0.15) is 5.78 Å². The first-order valence-electron chi connectivity index (χ1n) is 6.83. The SMILES string of the molecule is CC(C)(C)[C@@H]1CC[C@H]2CC(=O)CCC2N1C(=O)O. The van der Waals surface area contributed by atoms with E-state index in [1.54, 1.807) is 4.90 Å². The van der Waals surface area contributed by atoms with Crippen molar-refractivity contribution in [3.05, 3.63) is 0 Å². The van der Waals surface area contributed by atoms with Gasteiger partial charge in [0.15, 0.2) is 0 Å². The first-order chi connectivity index (χ1) is 8.30. The summed E-state index contributed by atoms with van der Waals surface area (Å²) in [6, 6.07) is 0.127. The minimum atomic E-state index is -0.820. The predicted molar refractivity (Wildman–Crippen MR) is 68.5 cm³/mol. The molecule has 4 nitrogen and oxygen atoms in total. The van der Waals surface area contributed by atoms with Crippen LogP contribution in [0.1, 0.15) is 52.9 Å². The largest absolute Gasteiger partial charge is 0.465 e. The zero-order valence-electron chi connectivity index (χ0n) is 11.5. The molecule has 0 bridgehead atoms. The summed E-state index contributed by atoms with van der Waals surface area (Å²) >= 11 is 0. The molecule has 4 heteroatoms. The van der Waals surface area contributed by atoms with Crippen molar-refractivity contribution in [2.75, 3.05) is 0 Å². The van der Waals surface area contributed by atoms with Crippen LogP contribution in [0.25, 0.3) is 0 Å². The van der Waals surface area contributed by atoms with Gasteiger partial charge >= 0.3 is 6.09 Å². The van der Waals surface area contributed by atoms with Crippen LogP contribution in [-0.4, -0.2) is 34.0 Å². The third kappa shape index (κ3) is 2.38. The molecule has 1 saturated carbocycles. The Hall–Kier alpha value is -1.06. The second kappa shape index (κ2) is 4.56. The Bertz CT molecular complexity index is 359. The lowest BCUT2D eigenvalue weighted by atomic mass is 9.71. The lowest BCUT2D eigenvalue weighted by molar-refractivity contribution is -0.125. The Morgan fingerprint density at radius 2 is 1.94 bits per heavy atom. The summed E-state index contributed by atoms with van der Waals surface area (Å²) in [5, 5.41) is 9.52. The topological polar surface area (TPSA) is 57.6 Å². The fraction of sp³-hybridized carbons (Fsp3) is 0.857. The number of carboxylic acid groups (broad SMARTS) is 1. The molecular formula is C14H23NO3. The number of amides is 1. The summed E-state index contributed by atoms with van der Waals surface area (Å²) in [5.74, 6) is 0.553. The highest BCUT2D eigenvalue weighted by atomic mass is 16.4. The van der Waals surface area contributed by atoms with Crippen LogP contribution < -0.4 is 0 Å². The van der Waals surface area contributed by atoms with E-state index in [4.69, 9.17) is 0 Å². The first kappa shape index (κ1) is 13.4. The summed E-state index contributed by atoms with van der Waals surface area (Å²) in [4.78, 5) is 24.7. The number of piperidine rings is 1. The Labute approximate surface area is 108 Å². The van der Waals surface area contributed by atoms with E-state index in [1.165, 1.54) is 0 Å². The summed E-state index contributed by atoms with van der Waals surface area (Å²) in [7, 11) is 0. The van der Waals surface area contributed by atoms with Crippen molar-refractivity contribution in [1.82, 2.24) is 4.90 Å². The highest BCUT2D eigenvalue weighted by Gasteiger charge is 2.46. The zero-order chi connectivity index (χ0) is 13.5. The highest BCUT2D eigenvalue weighted by molar-refractivity contribution is 5.80. The zero-order valence-corrected chi connectivity index (χ0v) is 11.5. The molecule has 2 fully saturated rings. The Morgan fingerprint density at radius 3 is 2.50 bits per heavy atom. The summed E-state index contributed by atoms with van der Waals surface area (Å²) in [5.41, 5.74) is -0.0369. The number of fused-ring (bicyclic) bond motifs is 1. The van der Waals surface area contributed by atoms with Gasteiger partial charge in [0, 0.05) is 24.9 Å². The van der Waals surface area contributed by atoms with Crippen LogP contribution in [0.3, 0.4) is 0 Å². The van der Waals surface area contributed by atoms with Crippen LogP contribution in [0.2, 0.25) is 0 Å². The van der Waals surface area contributed by atoms with E-state index >= 15 is 0 Å². The molecule has 0 aromatic heterocycles. The van der Waals surface area contributed by atoms with Crippen LogP contribution in [0.5, 0.6) is 0 Å². The number of hydrogen-bond acceptors (Lipinski definition) is 2. The normalized spacial score (nSPS) is 33.2. The maximum atomic E-state index is 11.6. The third-order valence-electron chi connectivity index (χ3n) is 4.48. The molecule has 1 heterocycles. The van der Waals surface area contributed by atoms with Gasteiger partial charge in [0.25, 0.3) is 0 Å². The number of hydrogen-bond donors (Lipinski definition) is 1. The van der Waals surface area contributed by atoms with Gasteiger partial charge in [-0.25, -0.2) is 4.79 Å². The number of rotatable bonds is 0. The Balaban J connectivity index is 2.24. The molecule has 0 spiro atoms. The van der Waals surface area contributed by atoms with Gasteiger partial charge in [-0.15, -0.1) is 0 Å². The van der Waals surface area contributed by atoms with Crippen molar-refractivity contribution in [3.63, 3.8) is 0 Å². The number of nitrogens with zero attached hydrogens (tertiary/aromatic N) is 1. The smallest absolute Gasteiger partial charge is 0.407 e. The Kier molecular flexibility index (Phi) is 3.39. The number of carbonyl (C=O) groups excluding carboxylic acids is 1. The molecule has 0 aromatic rings. The van der Waals surface area contributed by atoms with Crippen molar-refractivity contribution in [2.24, 2.45) is 11.3 Å². The van der Waals surface area contributed by atoms with Crippen molar-refractivity contribution in [3.8, 4) is 0 Å². The van der Waals surface area contributed by atoms with E-state index in [-0.39, 0.29) is 23.4 Å². The van der Waals surface area contributed by atoms with Gasteiger partial charge in [-0.1, -0.05) is 20.8 Å². The van der Waals surface area contributed by atoms with E-state index in [0.29, 0.717) is 25.0 Å². The number of ketones is 1. The van der Waals surface area contributed by atoms with Gasteiger partial charge in [0.2, 0.25) is 0 Å². The second-order valence-electron chi connectivity index (χ2n) is 6.76. The van der Waals surface area contributed by atoms with E-state index in [0.717, 1.165) is 12.8 Å². The van der Waals surface area contributed by atoms with Crippen LogP contribution in [0.4, 0.5) is 4.79 Å². The minimum absolute atomic E-state index is 0.0369. The van der Waals surface area contributed by atoms with Gasteiger partial charge in [-0.05, 0) is 30.6 Å². The molecule has 2 aliphatic rings. The fourth-order valence-electron chi connectivity index (χ4n) is 3.60. The first-order valence-corrected chi connectivity index (χ1v) is 6.83. The fourth-order valence-corrected chi connectivity index (χ4v) is 3.60. The highest BCUT2D eigenvalue weighted by Crippen LogP contribution is 2.41. The molecule has 0 aromatic carbocycles. The van der Waals surface area contributed by atoms with Gasteiger partial charge in [0.05, 0.1) is 0 Å². The maximum Gasteiger partial charge on any atom is 0.407 e. The average molecular weight is 253 g/mol. The monoisotopic (exact) mass is 253 g/mol. The Morgan fingerprint density at radius 1 is 1.28 bits per heavy atom. The average Bonchev–Trinajstić information content (AvgIpc) is 2.25. The third-order valence-corrected chi connectivity index (χ3v) is 4.48. The quantitative estimate of drug-likeness (QED) is 0.722. The molecule has 2 rings (SSSR count). The van der Waals surface area contributed by atoms with E-state index < -0.39 is 6.09 Å². The number of carbonyl (C=O) groups is 2. The van der Waals surface area contributed by atoms with Crippen LogP contribution in [0, 0.1) is 11.3 Å². The number of likely N-dealkylation sites (tertiary alicyclic amines) is 1. The molecule has 0 radical (unpaired) electrons. The van der Waals surface area contributed by atoms with Crippen molar-refractivity contribution >= 4 is 11.9 Å². The lowest BCUT2D eigenvalue weighted by Gasteiger charge is -2.51. The van der Waals surface area contributed by atoms with Crippen molar-refractivity contribution < 1.29 is 14.7 Å². The summed E-state index contributed by atoms with van der Waals surface area (Å²) in [6.45, 7) is 6.30. The van der Waals surface area contributed by atoms with Crippen LogP contribution in [0.15, 0.2) is 0 Å². The number of Topliss-reactive ketones (excluding diaryl/α,β-unsaturated/α-hetero) is 1. The molecule has 1 N–H and O–H groups in total. The molecule has 18 heavy (non-hydrogen) atoms. The van der Waals surface area contributed by atoms with E-state index in [2.05, 4.69) is 20.8 Å². The van der Waals surface area contributed by atoms with Crippen molar-refractivity contribution in [2.45, 2.75) is 65.0 Å². The molecule has 1 amide bonds. The molecule has 1 saturated heterocycles. The van der Waals surface area contributed by atoms with Gasteiger partial charge in [-0.2, -0.15) is 0 Å². The van der Waals surface area contributed by atoms with E-state index in [1.807, 2.05) is 0 Å². The van der Waals surface area contributed by atoms with Gasteiger partial charge in [-0.3, -0.25) is 4.79 Å². The standard InChI is InChI=1S/C14H23NO3/c1-14(2,3)12-7-4-9-8-10(16)5-6-11(9)15(12)13(17)18/h9,11-12H,4-8H2,1-3H3,(H,17,18)/t9-,11?,12-/m0/s1. The van der Waals surface area contributed by atoms with Crippen molar-refractivity contribution in [1.29, 1.82) is 0 Å². The molecule has 3 atom stereocenters. The molecule has 1 aliphatic heterocycles. The minimum Gasteiger partial charge on any atom is -0.465 e. The van der Waals surface area contributed by atoms with Crippen LogP contribution in [-0.2, 0) is 4.79 Å². The molecular weight excluding hydrogens is 230 g/mol. The molecule has 1 unspecified atom stereocenters. The molecule has 1 aliphatic carbocycles. The molecule has 102 valence electrons. The maximum absolute atomic E-state index is 11.6. The predicted octanol–water partition coefficient (Wildman–Crippen LogP) is 2.91.